The number of allylic oxidation sites excluding steroid dienone is 3. The normalized spacial score (nSPS) is 22.1. The molecule has 1 aromatic carbocycles. The van der Waals surface area contributed by atoms with Crippen molar-refractivity contribution in [3.05, 3.63) is 49.2 Å². The highest BCUT2D eigenvalue weighted by molar-refractivity contribution is 8.35. The Morgan fingerprint density at radius 3 is 1.92 bits per heavy atom. The van der Waals surface area contributed by atoms with Gasteiger partial charge in [-0.3, -0.25) is 9.59 Å². The first-order valence-corrected chi connectivity index (χ1v) is 11.7. The molecule has 1 aromatic rings. The van der Waals surface area contributed by atoms with Gasteiger partial charge < -0.3 is 4.90 Å². The van der Waals surface area contributed by atoms with Crippen molar-refractivity contribution < 1.29 is 0 Å². The maximum absolute atomic E-state index is 12.4. The SMILES string of the molecule is CC1=C(C)SC(=C2SC(C)=C(c3c(N4CCCCC4)c(=O)c3=O)S2)S1. The molecule has 3 heterocycles. The van der Waals surface area contributed by atoms with Crippen molar-refractivity contribution in [3.8, 4) is 0 Å². The summed E-state index contributed by atoms with van der Waals surface area (Å²) in [6, 6.07) is 0. The minimum Gasteiger partial charge on any atom is -0.368 e. The molecule has 0 unspecified atom stereocenters. The van der Waals surface area contributed by atoms with Crippen molar-refractivity contribution in [1.82, 2.24) is 0 Å². The average molecular weight is 410 g/mol. The molecule has 0 aromatic heterocycles. The van der Waals surface area contributed by atoms with E-state index >= 15 is 0 Å². The Labute approximate surface area is 164 Å². The second kappa shape index (κ2) is 6.91. The van der Waals surface area contributed by atoms with E-state index in [0.29, 0.717) is 11.3 Å². The van der Waals surface area contributed by atoms with E-state index in [1.165, 1.54) is 24.7 Å². The monoisotopic (exact) mass is 409 g/mol. The maximum atomic E-state index is 12.4. The van der Waals surface area contributed by atoms with Crippen LogP contribution in [0.5, 0.6) is 0 Å². The molecule has 1 fully saturated rings. The van der Waals surface area contributed by atoms with Gasteiger partial charge in [-0.25, -0.2) is 0 Å². The number of rotatable bonds is 2. The lowest BCUT2D eigenvalue weighted by Gasteiger charge is -2.31. The van der Waals surface area contributed by atoms with Crippen molar-refractivity contribution >= 4 is 57.6 Å². The highest BCUT2D eigenvalue weighted by Crippen LogP contribution is 2.61. The van der Waals surface area contributed by atoms with Gasteiger partial charge in [0, 0.05) is 22.9 Å². The van der Waals surface area contributed by atoms with Crippen LogP contribution in [0.15, 0.2) is 32.8 Å². The van der Waals surface area contributed by atoms with Gasteiger partial charge in [0.05, 0.1) is 14.0 Å². The Bertz CT molecular complexity index is 896. The molecule has 3 nitrogen and oxygen atoms in total. The summed E-state index contributed by atoms with van der Waals surface area (Å²) >= 11 is 7.05. The Morgan fingerprint density at radius 1 is 0.720 bits per heavy atom. The molecule has 25 heavy (non-hydrogen) atoms. The predicted molar refractivity (Wildman–Crippen MR) is 116 cm³/mol. The highest BCUT2D eigenvalue weighted by Gasteiger charge is 2.34. The number of hydrogen-bond acceptors (Lipinski definition) is 7. The second-order valence-corrected chi connectivity index (χ2v) is 11.6. The molecule has 0 saturated carbocycles. The van der Waals surface area contributed by atoms with E-state index in [9.17, 15) is 9.59 Å². The van der Waals surface area contributed by atoms with Gasteiger partial charge in [0.1, 0.15) is 5.69 Å². The molecule has 1 saturated heterocycles. The lowest BCUT2D eigenvalue weighted by atomic mass is 10.0. The van der Waals surface area contributed by atoms with E-state index in [0.717, 1.165) is 35.7 Å². The third kappa shape index (κ3) is 3.07. The van der Waals surface area contributed by atoms with Gasteiger partial charge in [-0.2, -0.15) is 0 Å². The number of nitrogens with zero attached hydrogens (tertiary/aromatic N) is 1. The van der Waals surface area contributed by atoms with Crippen LogP contribution in [0, 0.1) is 0 Å². The number of thioether (sulfide) groups is 4. The van der Waals surface area contributed by atoms with Crippen molar-refractivity contribution in [2.45, 2.75) is 40.0 Å². The Kier molecular flexibility index (Phi) is 4.94. The van der Waals surface area contributed by atoms with Gasteiger partial charge in [-0.1, -0.05) is 47.0 Å². The van der Waals surface area contributed by atoms with Gasteiger partial charge in [0.2, 0.25) is 10.9 Å². The molecule has 7 heteroatoms. The van der Waals surface area contributed by atoms with Crippen LogP contribution in [-0.4, -0.2) is 13.1 Å². The van der Waals surface area contributed by atoms with Crippen LogP contribution in [0.25, 0.3) is 4.91 Å². The molecule has 132 valence electrons. The number of hydrogen-bond donors (Lipinski definition) is 0. The smallest absolute Gasteiger partial charge is 0.250 e. The van der Waals surface area contributed by atoms with Gasteiger partial charge in [0.15, 0.2) is 0 Å². The van der Waals surface area contributed by atoms with Crippen LogP contribution in [0.3, 0.4) is 0 Å². The summed E-state index contributed by atoms with van der Waals surface area (Å²) < 4.78 is 2.55. The molecule has 0 radical (unpaired) electrons. The summed E-state index contributed by atoms with van der Waals surface area (Å²) in [6.45, 7) is 8.15. The first kappa shape index (κ1) is 17.9. The Hall–Kier alpha value is -0.500. The molecule has 3 aliphatic rings. The molecular weight excluding hydrogens is 390 g/mol. The van der Waals surface area contributed by atoms with E-state index < -0.39 is 0 Å². The van der Waals surface area contributed by atoms with E-state index in [2.05, 4.69) is 25.7 Å². The Balaban J connectivity index is 1.64. The first-order valence-electron chi connectivity index (χ1n) is 8.40. The quantitative estimate of drug-likeness (QED) is 0.614. The summed E-state index contributed by atoms with van der Waals surface area (Å²) in [5, 5.41) is 0. The summed E-state index contributed by atoms with van der Waals surface area (Å²) in [6.07, 6.45) is 3.42. The van der Waals surface area contributed by atoms with Crippen LogP contribution in [-0.2, 0) is 0 Å². The number of piperidine rings is 1. The summed E-state index contributed by atoms with van der Waals surface area (Å²) in [7, 11) is 0. The zero-order valence-electron chi connectivity index (χ0n) is 14.4. The van der Waals surface area contributed by atoms with Crippen molar-refractivity contribution in [2.75, 3.05) is 18.0 Å². The summed E-state index contributed by atoms with van der Waals surface area (Å²) in [5.74, 6) is 0. The van der Waals surface area contributed by atoms with Gasteiger partial charge in [0.25, 0.3) is 0 Å². The molecule has 0 spiro atoms. The van der Waals surface area contributed by atoms with Crippen LogP contribution in [0.4, 0.5) is 5.69 Å². The molecule has 0 N–H and O–H groups in total. The minimum absolute atomic E-state index is 0.290. The predicted octanol–water partition coefficient (Wildman–Crippen LogP) is 5.30. The van der Waals surface area contributed by atoms with Gasteiger partial charge in [-0.05, 0) is 49.8 Å². The fourth-order valence-corrected chi connectivity index (χ4v) is 8.70. The Morgan fingerprint density at radius 2 is 1.28 bits per heavy atom. The first-order chi connectivity index (χ1) is 12.0. The third-order valence-electron chi connectivity index (χ3n) is 4.70. The van der Waals surface area contributed by atoms with E-state index in [1.807, 2.05) is 23.5 Å². The van der Waals surface area contributed by atoms with Crippen LogP contribution in [0.2, 0.25) is 0 Å². The topological polar surface area (TPSA) is 37.4 Å². The molecule has 3 aliphatic heterocycles. The summed E-state index contributed by atoms with van der Waals surface area (Å²) in [4.78, 5) is 31.6. The van der Waals surface area contributed by atoms with Crippen LogP contribution < -0.4 is 15.8 Å². The summed E-state index contributed by atoms with van der Waals surface area (Å²) in [5.41, 5.74) is 0.760. The molecule has 0 aliphatic carbocycles. The fourth-order valence-electron chi connectivity index (χ4n) is 3.22. The highest BCUT2D eigenvalue weighted by atomic mass is 32.2. The van der Waals surface area contributed by atoms with Crippen molar-refractivity contribution in [2.24, 2.45) is 0 Å². The molecule has 0 atom stereocenters. The van der Waals surface area contributed by atoms with Gasteiger partial charge >= 0.3 is 0 Å². The van der Waals surface area contributed by atoms with Crippen molar-refractivity contribution in [3.63, 3.8) is 0 Å². The molecule has 4 rings (SSSR count). The van der Waals surface area contributed by atoms with E-state index in [1.54, 1.807) is 23.5 Å². The lowest BCUT2D eigenvalue weighted by Crippen LogP contribution is -2.45. The molecule has 0 amide bonds. The second-order valence-electron chi connectivity index (χ2n) is 6.41. The zero-order chi connectivity index (χ0) is 17.7. The standard InChI is InChI=1S/C18H19NO2S4/c1-9-10(2)23-17(22-9)18-24-11(3)16(25-18)12-13(15(21)14(12)20)19-7-5-4-6-8-19/h4-8H2,1-3H3. The fraction of sp³-hybridized carbons (Fsp3) is 0.444. The van der Waals surface area contributed by atoms with E-state index in [-0.39, 0.29) is 10.9 Å². The minimum atomic E-state index is -0.300. The number of anilines is 1. The van der Waals surface area contributed by atoms with E-state index in [4.69, 9.17) is 0 Å². The zero-order valence-corrected chi connectivity index (χ0v) is 17.7. The maximum Gasteiger partial charge on any atom is 0.250 e. The largest absolute Gasteiger partial charge is 0.368 e. The molecule has 0 bridgehead atoms. The van der Waals surface area contributed by atoms with Crippen LogP contribution in [0.1, 0.15) is 45.6 Å². The lowest BCUT2D eigenvalue weighted by molar-refractivity contribution is 0.575. The molecular formula is C18H19NO2S4. The van der Waals surface area contributed by atoms with Crippen molar-refractivity contribution in [1.29, 1.82) is 0 Å². The van der Waals surface area contributed by atoms with Crippen LogP contribution >= 0.6 is 47.0 Å². The third-order valence-corrected chi connectivity index (χ3v) is 10.5. The van der Waals surface area contributed by atoms with Gasteiger partial charge in [-0.15, -0.1) is 0 Å². The average Bonchev–Trinajstić information content (AvgIpc) is 3.15.